The number of allylic oxidation sites excluding steroid dienone is 2. The number of rotatable bonds is 3. The Hall–Kier alpha value is -3.05. The summed E-state index contributed by atoms with van der Waals surface area (Å²) in [5, 5.41) is 2.67. The molecule has 2 aromatic carbocycles. The van der Waals surface area contributed by atoms with Gasteiger partial charge in [-0.05, 0) is 42.4 Å². The molecule has 5 heteroatoms. The van der Waals surface area contributed by atoms with E-state index in [1.165, 1.54) is 11.0 Å². The maximum atomic E-state index is 12.8. The minimum Gasteiger partial charge on any atom is -0.298 e. The molecule has 0 aliphatic carbocycles. The quantitative estimate of drug-likeness (QED) is 0.525. The summed E-state index contributed by atoms with van der Waals surface area (Å²) in [6, 6.07) is 17.0. The molecule has 1 aliphatic heterocycles. The molecule has 2 aromatic rings. The van der Waals surface area contributed by atoms with E-state index in [4.69, 9.17) is 12.2 Å². The number of anilines is 1. The second kappa shape index (κ2) is 7.23. The number of hydrogen-bond donors (Lipinski definition) is 1. The number of benzene rings is 2. The summed E-state index contributed by atoms with van der Waals surface area (Å²) in [6.45, 7) is 1.89. The van der Waals surface area contributed by atoms with Gasteiger partial charge in [-0.2, -0.15) is 0 Å². The van der Waals surface area contributed by atoms with Crippen molar-refractivity contribution in [3.05, 3.63) is 83.4 Å². The number of nitrogens with zero attached hydrogens (tertiary/aromatic N) is 1. The van der Waals surface area contributed by atoms with Crippen molar-refractivity contribution in [2.24, 2.45) is 0 Å². The van der Waals surface area contributed by atoms with E-state index in [0.29, 0.717) is 5.69 Å². The van der Waals surface area contributed by atoms with Crippen molar-refractivity contribution in [3.8, 4) is 0 Å². The Morgan fingerprint density at radius 2 is 1.68 bits per heavy atom. The van der Waals surface area contributed by atoms with Crippen LogP contribution < -0.4 is 10.2 Å². The lowest BCUT2D eigenvalue weighted by Crippen LogP contribution is -2.54. The molecule has 3 rings (SSSR count). The number of carbonyl (C=O) groups is 2. The van der Waals surface area contributed by atoms with Gasteiger partial charge in [0.05, 0.1) is 5.69 Å². The first-order valence-corrected chi connectivity index (χ1v) is 8.17. The maximum absolute atomic E-state index is 12.8. The van der Waals surface area contributed by atoms with Gasteiger partial charge in [-0.25, -0.2) is 0 Å². The summed E-state index contributed by atoms with van der Waals surface area (Å²) >= 11 is 5.19. The zero-order valence-corrected chi connectivity index (χ0v) is 14.4. The summed E-state index contributed by atoms with van der Waals surface area (Å²) in [5.74, 6) is -0.918. The molecule has 0 aromatic heterocycles. The first-order valence-electron chi connectivity index (χ1n) is 7.77. The lowest BCUT2D eigenvalue weighted by atomic mass is 10.1. The fourth-order valence-electron chi connectivity index (χ4n) is 2.53. The number of aryl methyl sites for hydroxylation is 1. The lowest BCUT2D eigenvalue weighted by molar-refractivity contribution is -0.122. The Bertz CT molecular complexity index is 901. The molecule has 124 valence electrons. The molecule has 0 radical (unpaired) electrons. The minimum absolute atomic E-state index is 0.0454. The van der Waals surface area contributed by atoms with Crippen molar-refractivity contribution in [3.63, 3.8) is 0 Å². The first kappa shape index (κ1) is 16.8. The van der Waals surface area contributed by atoms with Gasteiger partial charge in [0, 0.05) is 0 Å². The maximum Gasteiger partial charge on any atom is 0.270 e. The molecule has 1 aliphatic rings. The van der Waals surface area contributed by atoms with Crippen molar-refractivity contribution in [1.29, 1.82) is 0 Å². The SMILES string of the molecule is Cc1ccccc1N1C(=O)/C(=C\C=C\c2ccccc2)C(=O)NC1=S. The molecule has 2 amide bonds. The first-order chi connectivity index (χ1) is 12.1. The largest absolute Gasteiger partial charge is 0.298 e. The minimum atomic E-state index is -0.488. The summed E-state index contributed by atoms with van der Waals surface area (Å²) < 4.78 is 0. The van der Waals surface area contributed by atoms with E-state index in [2.05, 4.69) is 5.32 Å². The highest BCUT2D eigenvalue weighted by Gasteiger charge is 2.34. The van der Waals surface area contributed by atoms with E-state index in [-0.39, 0.29) is 10.7 Å². The highest BCUT2D eigenvalue weighted by Crippen LogP contribution is 2.24. The van der Waals surface area contributed by atoms with Gasteiger partial charge >= 0.3 is 0 Å². The van der Waals surface area contributed by atoms with Crippen LogP contribution in [0.15, 0.2) is 72.3 Å². The molecule has 4 nitrogen and oxygen atoms in total. The van der Waals surface area contributed by atoms with Gasteiger partial charge in [0.2, 0.25) is 0 Å². The molecule has 1 N–H and O–H groups in total. The average molecular weight is 348 g/mol. The van der Waals surface area contributed by atoms with E-state index in [9.17, 15) is 9.59 Å². The van der Waals surface area contributed by atoms with E-state index in [0.717, 1.165) is 11.1 Å². The number of para-hydroxylation sites is 1. The molecule has 1 saturated heterocycles. The molecule has 0 atom stereocenters. The second-order valence-electron chi connectivity index (χ2n) is 5.54. The Morgan fingerprint density at radius 3 is 2.40 bits per heavy atom. The molecule has 1 fully saturated rings. The Kier molecular flexibility index (Phi) is 4.86. The molecule has 1 heterocycles. The van der Waals surface area contributed by atoms with Crippen molar-refractivity contribution in [2.45, 2.75) is 6.92 Å². The van der Waals surface area contributed by atoms with Gasteiger partial charge in [-0.3, -0.25) is 19.8 Å². The monoisotopic (exact) mass is 348 g/mol. The van der Waals surface area contributed by atoms with Crippen LogP contribution in [0, 0.1) is 6.92 Å². The number of thiocarbonyl (C=S) groups is 1. The van der Waals surface area contributed by atoms with Crippen LogP contribution in [-0.4, -0.2) is 16.9 Å². The van der Waals surface area contributed by atoms with Crippen LogP contribution in [0.1, 0.15) is 11.1 Å². The van der Waals surface area contributed by atoms with Gasteiger partial charge in [0.1, 0.15) is 5.57 Å². The second-order valence-corrected chi connectivity index (χ2v) is 5.92. The fourth-order valence-corrected chi connectivity index (χ4v) is 2.80. The predicted molar refractivity (Wildman–Crippen MR) is 103 cm³/mol. The molecular formula is C20H16N2O2S. The summed E-state index contributed by atoms with van der Waals surface area (Å²) in [4.78, 5) is 26.3. The van der Waals surface area contributed by atoms with Crippen molar-refractivity contribution in [2.75, 3.05) is 4.90 Å². The summed E-state index contributed by atoms with van der Waals surface area (Å²) in [5.41, 5.74) is 2.59. The number of carbonyl (C=O) groups excluding carboxylic acids is 2. The standard InChI is InChI=1S/C20H16N2O2S/c1-14-8-5-6-13-17(14)22-19(24)16(18(23)21-20(22)25)12-7-11-15-9-3-2-4-10-15/h2-13H,1H3,(H,21,23,25)/b11-7+,16-12-. The van der Waals surface area contributed by atoms with Crippen molar-refractivity contribution >= 4 is 40.9 Å². The summed E-state index contributed by atoms with van der Waals surface area (Å²) in [6.07, 6.45) is 5.03. The normalized spacial score (nSPS) is 16.6. The third-order valence-corrected chi connectivity index (χ3v) is 4.09. The Morgan fingerprint density at radius 1 is 1.00 bits per heavy atom. The van der Waals surface area contributed by atoms with E-state index in [1.54, 1.807) is 12.1 Å². The van der Waals surface area contributed by atoms with Crippen molar-refractivity contribution < 1.29 is 9.59 Å². The molecule has 0 saturated carbocycles. The number of nitrogens with one attached hydrogen (secondary N) is 1. The highest BCUT2D eigenvalue weighted by atomic mass is 32.1. The molecular weight excluding hydrogens is 332 g/mol. The Labute approximate surface area is 151 Å². The molecule has 0 spiro atoms. The van der Waals surface area contributed by atoms with Gasteiger partial charge in [0.15, 0.2) is 5.11 Å². The topological polar surface area (TPSA) is 49.4 Å². The zero-order valence-electron chi connectivity index (χ0n) is 13.6. The van der Waals surface area contributed by atoms with E-state index in [1.807, 2.05) is 61.5 Å². The number of amides is 2. The van der Waals surface area contributed by atoms with Gasteiger partial charge in [0.25, 0.3) is 11.8 Å². The van der Waals surface area contributed by atoms with Crippen LogP contribution in [0.2, 0.25) is 0 Å². The van der Waals surface area contributed by atoms with Crippen LogP contribution >= 0.6 is 12.2 Å². The third-order valence-electron chi connectivity index (χ3n) is 3.81. The van der Waals surface area contributed by atoms with Crippen LogP contribution in [0.25, 0.3) is 6.08 Å². The number of hydrogen-bond acceptors (Lipinski definition) is 3. The molecule has 0 unspecified atom stereocenters. The van der Waals surface area contributed by atoms with Crippen LogP contribution in [0.4, 0.5) is 5.69 Å². The predicted octanol–water partition coefficient (Wildman–Crippen LogP) is 3.38. The van der Waals surface area contributed by atoms with Crippen LogP contribution in [-0.2, 0) is 9.59 Å². The Balaban J connectivity index is 1.92. The van der Waals surface area contributed by atoms with Crippen LogP contribution in [0.5, 0.6) is 0 Å². The average Bonchev–Trinajstić information content (AvgIpc) is 2.60. The lowest BCUT2D eigenvalue weighted by Gasteiger charge is -2.29. The highest BCUT2D eigenvalue weighted by molar-refractivity contribution is 7.80. The molecule has 0 bridgehead atoms. The fraction of sp³-hybridized carbons (Fsp3) is 0.0500. The van der Waals surface area contributed by atoms with E-state index >= 15 is 0 Å². The van der Waals surface area contributed by atoms with Crippen molar-refractivity contribution in [1.82, 2.24) is 5.32 Å². The van der Waals surface area contributed by atoms with Gasteiger partial charge < -0.3 is 0 Å². The van der Waals surface area contributed by atoms with Gasteiger partial charge in [-0.1, -0.05) is 60.7 Å². The van der Waals surface area contributed by atoms with E-state index < -0.39 is 11.8 Å². The molecule has 25 heavy (non-hydrogen) atoms. The zero-order chi connectivity index (χ0) is 17.8. The van der Waals surface area contributed by atoms with Crippen LogP contribution in [0.3, 0.4) is 0 Å². The third kappa shape index (κ3) is 3.56. The smallest absolute Gasteiger partial charge is 0.270 e. The van der Waals surface area contributed by atoms with Gasteiger partial charge in [-0.15, -0.1) is 0 Å². The summed E-state index contributed by atoms with van der Waals surface area (Å²) in [7, 11) is 0.